The van der Waals surface area contributed by atoms with Crippen molar-refractivity contribution in [2.24, 2.45) is 5.92 Å². The van der Waals surface area contributed by atoms with Crippen LogP contribution in [0.15, 0.2) is 30.3 Å². The molecule has 1 aliphatic heterocycles. The zero-order chi connectivity index (χ0) is 14.1. The number of imidazole rings is 1. The molecule has 2 aromatic rings. The normalized spacial score (nSPS) is 17.7. The smallest absolute Gasteiger partial charge is 0.356 e. The number of hydrogen-bond donors (Lipinski definition) is 2. The fourth-order valence-electron chi connectivity index (χ4n) is 2.93. The van der Waals surface area contributed by atoms with E-state index in [1.54, 1.807) is 4.57 Å². The Morgan fingerprint density at radius 1 is 1.40 bits per heavy atom. The molecular formula is C15H17N3O2. The molecule has 2 heterocycles. The van der Waals surface area contributed by atoms with E-state index in [4.69, 9.17) is 5.73 Å². The Bertz CT molecular complexity index is 634. The van der Waals surface area contributed by atoms with E-state index in [-0.39, 0.29) is 11.5 Å². The molecule has 20 heavy (non-hydrogen) atoms. The number of benzene rings is 1. The second kappa shape index (κ2) is 5.00. The molecule has 1 aliphatic rings. The summed E-state index contributed by atoms with van der Waals surface area (Å²) in [6.07, 6.45) is 2.74. The van der Waals surface area contributed by atoms with Crippen LogP contribution in [0.2, 0.25) is 0 Å². The van der Waals surface area contributed by atoms with Crippen LogP contribution in [0, 0.1) is 5.92 Å². The summed E-state index contributed by atoms with van der Waals surface area (Å²) < 4.78 is 1.75. The topological polar surface area (TPSA) is 81.1 Å². The number of hydrogen-bond acceptors (Lipinski definition) is 3. The third-order valence-corrected chi connectivity index (χ3v) is 3.88. The number of nitrogens with zero attached hydrogens (tertiary/aromatic N) is 2. The SMILES string of the molecule is Nc1nc2n(c1C(=O)O)CCC(Cc1ccccc1)C2. The number of carboxylic acid groups (broad SMARTS) is 1. The van der Waals surface area contributed by atoms with Gasteiger partial charge in [0, 0.05) is 13.0 Å². The molecule has 0 saturated heterocycles. The summed E-state index contributed by atoms with van der Waals surface area (Å²) in [6.45, 7) is 0.679. The van der Waals surface area contributed by atoms with Crippen molar-refractivity contribution in [2.75, 3.05) is 5.73 Å². The summed E-state index contributed by atoms with van der Waals surface area (Å²) in [4.78, 5) is 15.4. The second-order valence-corrected chi connectivity index (χ2v) is 5.27. The molecule has 0 fully saturated rings. The first-order chi connectivity index (χ1) is 9.65. The molecule has 1 aromatic heterocycles. The van der Waals surface area contributed by atoms with Gasteiger partial charge < -0.3 is 15.4 Å². The first-order valence-electron chi connectivity index (χ1n) is 6.77. The van der Waals surface area contributed by atoms with Crippen LogP contribution in [-0.2, 0) is 19.4 Å². The minimum absolute atomic E-state index is 0.132. The lowest BCUT2D eigenvalue weighted by atomic mass is 9.91. The average molecular weight is 271 g/mol. The van der Waals surface area contributed by atoms with Crippen molar-refractivity contribution < 1.29 is 9.90 Å². The zero-order valence-electron chi connectivity index (χ0n) is 11.1. The molecule has 104 valence electrons. The van der Waals surface area contributed by atoms with Gasteiger partial charge in [-0.25, -0.2) is 9.78 Å². The van der Waals surface area contributed by atoms with Crippen molar-refractivity contribution in [3.8, 4) is 0 Å². The van der Waals surface area contributed by atoms with Gasteiger partial charge in [0.15, 0.2) is 11.5 Å². The third-order valence-electron chi connectivity index (χ3n) is 3.88. The minimum atomic E-state index is -0.997. The van der Waals surface area contributed by atoms with Crippen molar-refractivity contribution in [3.63, 3.8) is 0 Å². The largest absolute Gasteiger partial charge is 0.476 e. The highest BCUT2D eigenvalue weighted by Gasteiger charge is 2.27. The van der Waals surface area contributed by atoms with Gasteiger partial charge in [-0.1, -0.05) is 30.3 Å². The van der Waals surface area contributed by atoms with Gasteiger partial charge in [-0.2, -0.15) is 0 Å². The van der Waals surface area contributed by atoms with Crippen LogP contribution in [0.5, 0.6) is 0 Å². The van der Waals surface area contributed by atoms with Crippen molar-refractivity contribution in [2.45, 2.75) is 25.8 Å². The number of nitrogens with two attached hydrogens (primary N) is 1. The molecule has 3 N–H and O–H groups in total. The second-order valence-electron chi connectivity index (χ2n) is 5.27. The average Bonchev–Trinajstić information content (AvgIpc) is 2.75. The summed E-state index contributed by atoms with van der Waals surface area (Å²) >= 11 is 0. The first-order valence-corrected chi connectivity index (χ1v) is 6.77. The maximum atomic E-state index is 11.2. The van der Waals surface area contributed by atoms with Gasteiger partial charge in [0.2, 0.25) is 0 Å². The van der Waals surface area contributed by atoms with Gasteiger partial charge in [-0.3, -0.25) is 0 Å². The third kappa shape index (κ3) is 2.27. The Hall–Kier alpha value is -2.30. The van der Waals surface area contributed by atoms with Crippen molar-refractivity contribution in [1.29, 1.82) is 0 Å². The van der Waals surface area contributed by atoms with Crippen LogP contribution in [-0.4, -0.2) is 20.6 Å². The Kier molecular flexibility index (Phi) is 3.18. The Balaban J connectivity index is 1.79. The van der Waals surface area contributed by atoms with Crippen LogP contribution in [0.25, 0.3) is 0 Å². The molecule has 0 spiro atoms. The standard InChI is InChI=1S/C15H17N3O2/c16-14-13(15(19)20)18-7-6-11(9-12(18)17-14)8-10-4-2-1-3-5-10/h1-5,11H,6-9,16H2,(H,19,20). The number of aromatic nitrogens is 2. The number of rotatable bonds is 3. The number of fused-ring (bicyclic) bond motifs is 1. The van der Waals surface area contributed by atoms with E-state index in [9.17, 15) is 9.90 Å². The molecule has 0 radical (unpaired) electrons. The van der Waals surface area contributed by atoms with E-state index < -0.39 is 5.97 Å². The summed E-state index contributed by atoms with van der Waals surface area (Å²) in [6, 6.07) is 10.3. The van der Waals surface area contributed by atoms with Crippen molar-refractivity contribution >= 4 is 11.8 Å². The van der Waals surface area contributed by atoms with E-state index in [1.807, 2.05) is 18.2 Å². The summed E-state index contributed by atoms with van der Waals surface area (Å²) in [5.74, 6) is 0.427. The monoisotopic (exact) mass is 271 g/mol. The van der Waals surface area contributed by atoms with Gasteiger partial charge >= 0.3 is 5.97 Å². The van der Waals surface area contributed by atoms with Gasteiger partial charge in [0.25, 0.3) is 0 Å². The van der Waals surface area contributed by atoms with E-state index in [0.29, 0.717) is 12.5 Å². The Morgan fingerprint density at radius 3 is 2.85 bits per heavy atom. The molecule has 3 rings (SSSR count). The molecule has 1 aromatic carbocycles. The van der Waals surface area contributed by atoms with Gasteiger partial charge in [0.05, 0.1) is 0 Å². The number of nitrogen functional groups attached to an aromatic ring is 1. The molecule has 5 nitrogen and oxygen atoms in total. The Labute approximate surface area is 117 Å². The van der Waals surface area contributed by atoms with Gasteiger partial charge in [-0.15, -0.1) is 0 Å². The number of aromatic carboxylic acids is 1. The first kappa shape index (κ1) is 12.7. The van der Waals surface area contributed by atoms with Crippen molar-refractivity contribution in [3.05, 3.63) is 47.4 Å². The summed E-state index contributed by atoms with van der Waals surface area (Å²) in [7, 11) is 0. The number of anilines is 1. The predicted octanol–water partition coefficient (Wildman–Crippen LogP) is 1.97. The summed E-state index contributed by atoms with van der Waals surface area (Å²) in [5.41, 5.74) is 7.15. The van der Waals surface area contributed by atoms with Crippen LogP contribution in [0.3, 0.4) is 0 Å². The van der Waals surface area contributed by atoms with E-state index in [1.165, 1.54) is 5.56 Å². The summed E-state index contributed by atoms with van der Waals surface area (Å²) in [5, 5.41) is 9.17. The molecule has 0 aliphatic carbocycles. The van der Waals surface area contributed by atoms with Gasteiger partial charge in [0.1, 0.15) is 5.82 Å². The lowest BCUT2D eigenvalue weighted by molar-refractivity contribution is 0.0684. The highest BCUT2D eigenvalue weighted by molar-refractivity contribution is 5.91. The lowest BCUT2D eigenvalue weighted by Gasteiger charge is -2.24. The molecule has 1 atom stereocenters. The van der Waals surface area contributed by atoms with Crippen molar-refractivity contribution in [1.82, 2.24) is 9.55 Å². The zero-order valence-corrected chi connectivity index (χ0v) is 11.1. The number of carbonyl (C=O) groups is 1. The van der Waals surface area contributed by atoms with Crippen LogP contribution >= 0.6 is 0 Å². The molecule has 1 unspecified atom stereocenters. The fourth-order valence-corrected chi connectivity index (χ4v) is 2.93. The lowest BCUT2D eigenvalue weighted by Crippen LogP contribution is -2.23. The van der Waals surface area contributed by atoms with Crippen LogP contribution < -0.4 is 5.73 Å². The molecular weight excluding hydrogens is 254 g/mol. The number of carboxylic acids is 1. The molecule has 5 heteroatoms. The Morgan fingerprint density at radius 2 is 2.15 bits per heavy atom. The minimum Gasteiger partial charge on any atom is -0.476 e. The molecule has 0 saturated carbocycles. The highest BCUT2D eigenvalue weighted by Crippen LogP contribution is 2.27. The van der Waals surface area contributed by atoms with Gasteiger partial charge in [-0.05, 0) is 24.3 Å². The van der Waals surface area contributed by atoms with E-state index >= 15 is 0 Å². The van der Waals surface area contributed by atoms with E-state index in [0.717, 1.165) is 25.1 Å². The maximum Gasteiger partial charge on any atom is 0.356 e. The van der Waals surface area contributed by atoms with Crippen LogP contribution in [0.1, 0.15) is 28.3 Å². The predicted molar refractivity (Wildman–Crippen MR) is 75.6 cm³/mol. The fraction of sp³-hybridized carbons (Fsp3) is 0.333. The van der Waals surface area contributed by atoms with E-state index in [2.05, 4.69) is 17.1 Å². The molecule has 0 amide bonds. The quantitative estimate of drug-likeness (QED) is 0.894. The maximum absolute atomic E-state index is 11.2. The molecule has 0 bridgehead atoms. The van der Waals surface area contributed by atoms with Crippen LogP contribution in [0.4, 0.5) is 5.82 Å². The highest BCUT2D eigenvalue weighted by atomic mass is 16.4.